The van der Waals surface area contributed by atoms with Crippen molar-refractivity contribution in [3.05, 3.63) is 28.8 Å². The Bertz CT molecular complexity index is 354. The maximum absolute atomic E-state index is 12.4. The molecule has 0 spiro atoms. The summed E-state index contributed by atoms with van der Waals surface area (Å²) in [7, 11) is 1.51. The summed E-state index contributed by atoms with van der Waals surface area (Å²) in [5.74, 6) is 0. The summed E-state index contributed by atoms with van der Waals surface area (Å²) in [4.78, 5) is 0. The lowest BCUT2D eigenvalue weighted by atomic mass is 10.2. The average molecular weight is 254 g/mol. The Hall–Kier alpha value is -0.940. The second kappa shape index (κ2) is 5.41. The second-order valence-electron chi connectivity index (χ2n) is 3.15. The van der Waals surface area contributed by atoms with Gasteiger partial charge in [0.15, 0.2) is 0 Å². The zero-order valence-corrected chi connectivity index (χ0v) is 9.32. The van der Waals surface area contributed by atoms with Crippen LogP contribution in [-0.2, 0) is 10.9 Å². The van der Waals surface area contributed by atoms with Crippen LogP contribution in [-0.4, -0.2) is 20.3 Å². The second-order valence-corrected chi connectivity index (χ2v) is 3.58. The minimum atomic E-state index is -4.39. The Labute approximate surface area is 96.4 Å². The van der Waals surface area contributed by atoms with Gasteiger partial charge >= 0.3 is 6.18 Å². The van der Waals surface area contributed by atoms with Crippen LogP contribution in [0.15, 0.2) is 18.2 Å². The van der Waals surface area contributed by atoms with Crippen LogP contribution in [0.5, 0.6) is 0 Å². The van der Waals surface area contributed by atoms with Crippen LogP contribution in [0.3, 0.4) is 0 Å². The summed E-state index contributed by atoms with van der Waals surface area (Å²) in [6.07, 6.45) is -4.39. The molecule has 1 rings (SSSR count). The predicted octanol–water partition coefficient (Wildman–Crippen LogP) is 3.42. The van der Waals surface area contributed by atoms with E-state index in [1.54, 1.807) is 0 Å². The van der Waals surface area contributed by atoms with E-state index in [1.165, 1.54) is 13.2 Å². The largest absolute Gasteiger partial charge is 0.416 e. The fraction of sp³-hybridized carbons (Fsp3) is 0.400. The monoisotopic (exact) mass is 253 g/mol. The van der Waals surface area contributed by atoms with Crippen molar-refractivity contribution in [2.24, 2.45) is 0 Å². The van der Waals surface area contributed by atoms with Gasteiger partial charge in [0.05, 0.1) is 12.2 Å². The number of methoxy groups -OCH3 is 1. The lowest BCUT2D eigenvalue weighted by Gasteiger charge is -2.11. The summed E-state index contributed by atoms with van der Waals surface area (Å²) in [5, 5.41) is 2.84. The lowest BCUT2D eigenvalue weighted by molar-refractivity contribution is -0.137. The highest BCUT2D eigenvalue weighted by Gasteiger charge is 2.31. The van der Waals surface area contributed by atoms with Crippen molar-refractivity contribution in [2.75, 3.05) is 25.6 Å². The molecule has 0 heterocycles. The van der Waals surface area contributed by atoms with Crippen LogP contribution in [0, 0.1) is 0 Å². The number of alkyl halides is 3. The standard InChI is InChI=1S/C10H11ClF3NO/c1-16-3-2-15-9-5-7(10(12,13)14)4-8(11)6-9/h4-6,15H,2-3H2,1H3. The molecule has 0 atom stereocenters. The van der Waals surface area contributed by atoms with Gasteiger partial charge in [-0.25, -0.2) is 0 Å². The zero-order chi connectivity index (χ0) is 12.2. The van der Waals surface area contributed by atoms with Crippen molar-refractivity contribution in [3.63, 3.8) is 0 Å². The van der Waals surface area contributed by atoms with Gasteiger partial charge in [-0.05, 0) is 18.2 Å². The van der Waals surface area contributed by atoms with E-state index in [2.05, 4.69) is 5.32 Å². The minimum absolute atomic E-state index is 0.0507. The van der Waals surface area contributed by atoms with Crippen molar-refractivity contribution in [2.45, 2.75) is 6.18 Å². The molecule has 0 bridgehead atoms. The van der Waals surface area contributed by atoms with E-state index >= 15 is 0 Å². The number of hydrogen-bond acceptors (Lipinski definition) is 2. The normalized spacial score (nSPS) is 11.6. The van der Waals surface area contributed by atoms with E-state index in [0.29, 0.717) is 18.8 Å². The molecule has 16 heavy (non-hydrogen) atoms. The number of ether oxygens (including phenoxy) is 1. The molecule has 0 aromatic heterocycles. The Morgan fingerprint density at radius 1 is 1.31 bits per heavy atom. The van der Waals surface area contributed by atoms with Crippen molar-refractivity contribution >= 4 is 17.3 Å². The zero-order valence-electron chi connectivity index (χ0n) is 8.57. The van der Waals surface area contributed by atoms with E-state index < -0.39 is 11.7 Å². The maximum atomic E-state index is 12.4. The van der Waals surface area contributed by atoms with E-state index in [4.69, 9.17) is 16.3 Å². The summed E-state index contributed by atoms with van der Waals surface area (Å²) in [6.45, 7) is 0.835. The molecule has 1 N–H and O–H groups in total. The fourth-order valence-corrected chi connectivity index (χ4v) is 1.39. The first-order chi connectivity index (χ1) is 7.43. The summed E-state index contributed by atoms with van der Waals surface area (Å²) >= 11 is 5.60. The van der Waals surface area contributed by atoms with Gasteiger partial charge in [0.25, 0.3) is 0 Å². The molecule has 6 heteroatoms. The van der Waals surface area contributed by atoms with Gasteiger partial charge in [-0.2, -0.15) is 13.2 Å². The lowest BCUT2D eigenvalue weighted by Crippen LogP contribution is -2.10. The third-order valence-electron chi connectivity index (χ3n) is 1.86. The Balaban J connectivity index is 2.82. The molecule has 0 saturated heterocycles. The van der Waals surface area contributed by atoms with Gasteiger partial charge in [-0.1, -0.05) is 11.6 Å². The van der Waals surface area contributed by atoms with Gasteiger partial charge < -0.3 is 10.1 Å². The van der Waals surface area contributed by atoms with Crippen molar-refractivity contribution in [3.8, 4) is 0 Å². The van der Waals surface area contributed by atoms with Crippen LogP contribution >= 0.6 is 11.6 Å². The minimum Gasteiger partial charge on any atom is -0.383 e. The van der Waals surface area contributed by atoms with Crippen molar-refractivity contribution in [1.29, 1.82) is 0 Å². The first kappa shape index (κ1) is 13.1. The van der Waals surface area contributed by atoms with Gasteiger partial charge in [-0.3, -0.25) is 0 Å². The SMILES string of the molecule is COCCNc1cc(Cl)cc(C(F)(F)F)c1. The summed E-state index contributed by atoms with van der Waals surface area (Å²) in [5.41, 5.74) is -0.434. The van der Waals surface area contributed by atoms with E-state index in [1.807, 2.05) is 0 Å². The molecule has 0 unspecified atom stereocenters. The number of rotatable bonds is 4. The molecule has 2 nitrogen and oxygen atoms in total. The van der Waals surface area contributed by atoms with Crippen molar-refractivity contribution in [1.82, 2.24) is 0 Å². The van der Waals surface area contributed by atoms with Gasteiger partial charge in [0.1, 0.15) is 0 Å². The van der Waals surface area contributed by atoms with Crippen LogP contribution in [0.2, 0.25) is 5.02 Å². The fourth-order valence-electron chi connectivity index (χ4n) is 1.15. The molecule has 0 fully saturated rings. The Kier molecular flexibility index (Phi) is 4.44. The van der Waals surface area contributed by atoms with Crippen LogP contribution in [0.1, 0.15) is 5.56 Å². The van der Waals surface area contributed by atoms with Crippen LogP contribution in [0.25, 0.3) is 0 Å². The highest BCUT2D eigenvalue weighted by molar-refractivity contribution is 6.30. The molecule has 1 aromatic carbocycles. The van der Waals surface area contributed by atoms with E-state index in [-0.39, 0.29) is 5.02 Å². The van der Waals surface area contributed by atoms with Gasteiger partial charge in [-0.15, -0.1) is 0 Å². The first-order valence-corrected chi connectivity index (χ1v) is 4.92. The topological polar surface area (TPSA) is 21.3 Å². The quantitative estimate of drug-likeness (QED) is 0.831. The van der Waals surface area contributed by atoms with E-state index in [9.17, 15) is 13.2 Å². The third-order valence-corrected chi connectivity index (χ3v) is 2.08. The predicted molar refractivity (Wildman–Crippen MR) is 56.8 cm³/mol. The number of benzene rings is 1. The van der Waals surface area contributed by atoms with Crippen LogP contribution < -0.4 is 5.32 Å². The summed E-state index contributed by atoms with van der Waals surface area (Å²) < 4.78 is 42.0. The highest BCUT2D eigenvalue weighted by Crippen LogP contribution is 2.33. The number of anilines is 1. The molecule has 0 saturated carbocycles. The molecular weight excluding hydrogens is 243 g/mol. The number of halogens is 4. The molecule has 0 amide bonds. The van der Waals surface area contributed by atoms with Crippen molar-refractivity contribution < 1.29 is 17.9 Å². The molecule has 1 aromatic rings. The Morgan fingerprint density at radius 2 is 2.00 bits per heavy atom. The molecule has 0 radical (unpaired) electrons. The molecular formula is C10H11ClF3NO. The van der Waals surface area contributed by atoms with Crippen LogP contribution in [0.4, 0.5) is 18.9 Å². The number of hydrogen-bond donors (Lipinski definition) is 1. The summed E-state index contributed by atoms with van der Waals surface area (Å²) in [6, 6.07) is 3.34. The van der Waals surface area contributed by atoms with Gasteiger partial charge in [0, 0.05) is 24.4 Å². The number of nitrogens with one attached hydrogen (secondary N) is 1. The first-order valence-electron chi connectivity index (χ1n) is 4.54. The Morgan fingerprint density at radius 3 is 2.56 bits per heavy atom. The smallest absolute Gasteiger partial charge is 0.383 e. The average Bonchev–Trinajstić information content (AvgIpc) is 2.16. The molecule has 0 aliphatic heterocycles. The maximum Gasteiger partial charge on any atom is 0.416 e. The molecule has 90 valence electrons. The molecule has 0 aliphatic carbocycles. The molecule has 0 aliphatic rings. The third kappa shape index (κ3) is 3.90. The highest BCUT2D eigenvalue weighted by atomic mass is 35.5. The van der Waals surface area contributed by atoms with Gasteiger partial charge in [0.2, 0.25) is 0 Å². The van der Waals surface area contributed by atoms with E-state index in [0.717, 1.165) is 12.1 Å².